The van der Waals surface area contributed by atoms with Crippen molar-refractivity contribution in [3.05, 3.63) is 248 Å². The maximum absolute atomic E-state index is 9.79. The normalized spacial score (nSPS) is 11.9. The van der Waals surface area contributed by atoms with E-state index in [0.29, 0.717) is 5.56 Å². The summed E-state index contributed by atoms with van der Waals surface area (Å²) in [5.41, 5.74) is 10.8. The minimum Gasteiger partial charge on any atom is -0.309 e. The van der Waals surface area contributed by atoms with Crippen LogP contribution in [0.1, 0.15) is 5.56 Å². The van der Waals surface area contributed by atoms with Crippen LogP contribution in [-0.2, 0) is 0 Å². The Bertz CT molecular complexity index is 3960. The Morgan fingerprint density at radius 1 is 0.303 bits per heavy atom. The molecule has 0 spiro atoms. The fourth-order valence-corrected chi connectivity index (χ4v) is 15.9. The molecule has 0 unspecified atom stereocenters. The quantitative estimate of drug-likeness (QED) is 0.116. The number of rotatable bonds is 7. The molecule has 0 radical (unpaired) electrons. The minimum absolute atomic E-state index is 0.661. The molecule has 0 saturated heterocycles. The van der Waals surface area contributed by atoms with E-state index in [1.165, 1.54) is 42.3 Å². The lowest BCUT2D eigenvalue weighted by molar-refractivity contribution is 1.16. The van der Waals surface area contributed by atoms with E-state index < -0.39 is 8.07 Å². The molecule has 0 saturated carbocycles. The second-order valence-corrected chi connectivity index (χ2v) is 21.0. The van der Waals surface area contributed by atoms with Crippen LogP contribution in [0.2, 0.25) is 0 Å². The highest BCUT2D eigenvalue weighted by Crippen LogP contribution is 2.41. The molecule has 0 aliphatic carbocycles. The molecular formula is C61H40N4Si. The Balaban J connectivity index is 1.05. The largest absolute Gasteiger partial charge is 0.309 e. The highest BCUT2D eigenvalue weighted by Gasteiger charge is 2.41. The van der Waals surface area contributed by atoms with Crippen LogP contribution in [0.5, 0.6) is 0 Å². The average Bonchev–Trinajstić information content (AvgIpc) is 4.03. The van der Waals surface area contributed by atoms with Gasteiger partial charge in [0.25, 0.3) is 0 Å². The smallest absolute Gasteiger partial charge is 0.179 e. The molecular weight excluding hydrogens is 817 g/mol. The van der Waals surface area contributed by atoms with E-state index in [-0.39, 0.29) is 0 Å². The van der Waals surface area contributed by atoms with E-state index >= 15 is 0 Å². The van der Waals surface area contributed by atoms with Gasteiger partial charge in [0.2, 0.25) is 0 Å². The first-order valence-corrected chi connectivity index (χ1v) is 24.5. The number of aromatic nitrogens is 3. The van der Waals surface area contributed by atoms with Gasteiger partial charge in [-0.2, -0.15) is 5.26 Å². The van der Waals surface area contributed by atoms with Crippen molar-refractivity contribution in [3.8, 4) is 23.1 Å². The lowest BCUT2D eigenvalue weighted by Gasteiger charge is -2.34. The predicted octanol–water partition coefficient (Wildman–Crippen LogP) is 12.2. The maximum Gasteiger partial charge on any atom is 0.179 e. The van der Waals surface area contributed by atoms with Crippen LogP contribution in [0, 0.1) is 11.3 Å². The minimum atomic E-state index is -2.79. The summed E-state index contributed by atoms with van der Waals surface area (Å²) < 4.78 is 7.28. The van der Waals surface area contributed by atoms with Crippen LogP contribution in [0.3, 0.4) is 0 Å². The molecule has 4 nitrogen and oxygen atoms in total. The molecule has 5 heteroatoms. The molecule has 0 bridgehead atoms. The number of hydrogen-bond acceptors (Lipinski definition) is 1. The highest BCUT2D eigenvalue weighted by molar-refractivity contribution is 7.19. The average molecular weight is 857 g/mol. The molecule has 66 heavy (non-hydrogen) atoms. The van der Waals surface area contributed by atoms with E-state index in [2.05, 4.69) is 250 Å². The zero-order valence-corrected chi connectivity index (χ0v) is 36.9. The molecule has 308 valence electrons. The summed E-state index contributed by atoms with van der Waals surface area (Å²) in [6.45, 7) is 0. The number of hydrogen-bond donors (Lipinski definition) is 0. The van der Waals surface area contributed by atoms with Crippen molar-refractivity contribution >= 4 is 94.2 Å². The highest BCUT2D eigenvalue weighted by atomic mass is 28.3. The van der Waals surface area contributed by atoms with Gasteiger partial charge in [-0.1, -0.05) is 164 Å². The van der Waals surface area contributed by atoms with Gasteiger partial charge in [0, 0.05) is 43.7 Å². The molecule has 0 amide bonds. The van der Waals surface area contributed by atoms with Crippen LogP contribution in [-0.4, -0.2) is 21.8 Å². The Hall–Kier alpha value is -8.69. The molecule has 13 aromatic rings. The van der Waals surface area contributed by atoms with Gasteiger partial charge in [0.15, 0.2) is 8.07 Å². The lowest BCUT2D eigenvalue weighted by atomic mass is 10.1. The fourth-order valence-electron chi connectivity index (χ4n) is 11.1. The van der Waals surface area contributed by atoms with E-state index in [9.17, 15) is 5.26 Å². The summed E-state index contributed by atoms with van der Waals surface area (Å²) in [6.07, 6.45) is 0. The van der Waals surface area contributed by atoms with Crippen molar-refractivity contribution in [2.75, 3.05) is 0 Å². The van der Waals surface area contributed by atoms with Gasteiger partial charge in [-0.3, -0.25) is 0 Å². The molecule has 0 atom stereocenters. The van der Waals surface area contributed by atoms with Crippen molar-refractivity contribution in [1.29, 1.82) is 5.26 Å². The van der Waals surface area contributed by atoms with Crippen LogP contribution in [0.25, 0.3) is 82.5 Å². The monoisotopic (exact) mass is 856 g/mol. The van der Waals surface area contributed by atoms with Crippen molar-refractivity contribution in [1.82, 2.24) is 13.7 Å². The zero-order chi connectivity index (χ0) is 43.8. The van der Waals surface area contributed by atoms with E-state index in [1.807, 2.05) is 12.1 Å². The number of fused-ring (bicyclic) bond motifs is 9. The summed E-state index contributed by atoms with van der Waals surface area (Å²) >= 11 is 0. The predicted molar refractivity (Wildman–Crippen MR) is 278 cm³/mol. The second-order valence-electron chi connectivity index (χ2n) is 17.2. The van der Waals surface area contributed by atoms with Crippen molar-refractivity contribution in [2.24, 2.45) is 0 Å². The first-order valence-electron chi connectivity index (χ1n) is 22.5. The summed E-state index contributed by atoms with van der Waals surface area (Å²) in [7, 11) is -2.79. The van der Waals surface area contributed by atoms with Crippen LogP contribution in [0.4, 0.5) is 0 Å². The third-order valence-electron chi connectivity index (χ3n) is 13.8. The second kappa shape index (κ2) is 15.0. The van der Waals surface area contributed by atoms with Crippen LogP contribution >= 0.6 is 0 Å². The van der Waals surface area contributed by atoms with Gasteiger partial charge in [0.1, 0.15) is 0 Å². The Morgan fingerprint density at radius 3 is 1.38 bits per heavy atom. The van der Waals surface area contributed by atoms with Gasteiger partial charge in [-0.05, 0) is 99.6 Å². The Morgan fingerprint density at radius 2 is 0.742 bits per heavy atom. The number of para-hydroxylation sites is 3. The van der Waals surface area contributed by atoms with Gasteiger partial charge in [-0.25, -0.2) is 0 Å². The molecule has 3 aromatic heterocycles. The number of benzene rings is 10. The third-order valence-corrected chi connectivity index (χ3v) is 18.6. The van der Waals surface area contributed by atoms with Crippen molar-refractivity contribution < 1.29 is 0 Å². The summed E-state index contributed by atoms with van der Waals surface area (Å²) in [6, 6.07) is 91.0. The van der Waals surface area contributed by atoms with Gasteiger partial charge < -0.3 is 13.7 Å². The Kier molecular flexibility index (Phi) is 8.57. The molecule has 3 heterocycles. The molecule has 13 rings (SSSR count). The maximum atomic E-state index is 9.79. The third kappa shape index (κ3) is 5.49. The molecule has 0 aliphatic heterocycles. The fraction of sp³-hybridized carbons (Fsp3) is 0. The number of nitriles is 1. The molecule has 0 fully saturated rings. The van der Waals surface area contributed by atoms with E-state index in [0.717, 1.165) is 60.9 Å². The summed E-state index contributed by atoms with van der Waals surface area (Å²) in [5, 5.41) is 22.2. The molecule has 0 N–H and O–H groups in total. The lowest BCUT2D eigenvalue weighted by Crippen LogP contribution is -2.74. The van der Waals surface area contributed by atoms with Gasteiger partial charge >= 0.3 is 0 Å². The van der Waals surface area contributed by atoms with Crippen molar-refractivity contribution in [3.63, 3.8) is 0 Å². The molecule has 10 aromatic carbocycles. The summed E-state index contributed by atoms with van der Waals surface area (Å²) in [4.78, 5) is 0. The molecule has 0 aliphatic rings. The summed E-state index contributed by atoms with van der Waals surface area (Å²) in [5.74, 6) is 0. The standard InChI is InChI=1S/C61H40N4Si/c62-41-42-34-36-57-52(38-42)49-26-10-13-29-54(49)63(57)44-35-37-58-53(40-44)50-27-11-14-30-55(50)65(58)60-33-17-32-59-61(60)51-28-12-15-31-56(51)64(59)43-18-16-25-48(39-43)66(45-19-4-1-5-20-45,46-21-6-2-7-22-46)47-23-8-3-9-24-47/h1-40H. The van der Waals surface area contributed by atoms with E-state index in [4.69, 9.17) is 0 Å². The first-order chi connectivity index (χ1) is 32.7. The van der Waals surface area contributed by atoms with Crippen molar-refractivity contribution in [2.45, 2.75) is 0 Å². The van der Waals surface area contributed by atoms with Gasteiger partial charge in [-0.15, -0.1) is 0 Å². The van der Waals surface area contributed by atoms with Gasteiger partial charge in [0.05, 0.1) is 50.4 Å². The Labute approximate surface area is 382 Å². The van der Waals surface area contributed by atoms with E-state index in [1.54, 1.807) is 0 Å². The van der Waals surface area contributed by atoms with Crippen LogP contribution in [0.15, 0.2) is 243 Å². The zero-order valence-electron chi connectivity index (χ0n) is 35.9. The first kappa shape index (κ1) is 37.8. The SMILES string of the molecule is N#Cc1ccc2c(c1)c1ccccc1n2-c1ccc2c(c1)c1ccccc1n2-c1cccc2c1c1ccccc1n2-c1cccc([Si](c2ccccc2)(c2ccccc2)c2ccccc2)c1. The van der Waals surface area contributed by atoms with Crippen LogP contribution < -0.4 is 20.7 Å². The topological polar surface area (TPSA) is 38.6 Å². The number of nitrogens with zero attached hydrogens (tertiary/aromatic N) is 4.